The van der Waals surface area contributed by atoms with Crippen LogP contribution in [0, 0.1) is 0 Å². The first-order valence-corrected chi connectivity index (χ1v) is 23.9. The lowest BCUT2D eigenvalue weighted by Gasteiger charge is -2.31. The summed E-state index contributed by atoms with van der Waals surface area (Å²) in [5.74, 6) is 1.94. The summed E-state index contributed by atoms with van der Waals surface area (Å²) in [6.45, 7) is 7.22. The van der Waals surface area contributed by atoms with Gasteiger partial charge in [0.15, 0.2) is 17.5 Å². The zero-order chi connectivity index (χ0) is 39.7. The number of hydrogen-bond donors (Lipinski definition) is 0. The minimum atomic E-state index is -1.43. The Morgan fingerprint density at radius 3 is 1.29 bits per heavy atom. The maximum atomic E-state index is 5.27. The second kappa shape index (κ2) is 13.5. The molecule has 4 heteroatoms. The molecule has 2 aliphatic carbocycles. The zero-order valence-corrected chi connectivity index (χ0v) is 34.3. The van der Waals surface area contributed by atoms with Crippen molar-refractivity contribution >= 4 is 13.3 Å². The van der Waals surface area contributed by atoms with Crippen molar-refractivity contribution in [1.29, 1.82) is 0 Å². The van der Waals surface area contributed by atoms with E-state index in [1.807, 2.05) is 24.3 Å². The molecule has 9 aromatic rings. The molecule has 2 aliphatic rings. The molecule has 0 bridgehead atoms. The monoisotopic (exact) mass is 771 g/mol. The molecule has 1 heterocycles. The minimum Gasteiger partial charge on any atom is -0.208 e. The predicted octanol–water partition coefficient (Wildman–Crippen LogP) is 13.1. The zero-order valence-electron chi connectivity index (χ0n) is 33.3. The Bertz CT molecular complexity index is 3060. The van der Waals surface area contributed by atoms with Gasteiger partial charge in [-0.3, -0.25) is 0 Å². The van der Waals surface area contributed by atoms with Crippen LogP contribution in [0.5, 0.6) is 0 Å². The summed E-state index contributed by atoms with van der Waals surface area (Å²) in [6.07, 6.45) is 0. The van der Waals surface area contributed by atoms with E-state index in [4.69, 9.17) is 15.0 Å². The highest BCUT2D eigenvalue weighted by Gasteiger charge is 2.51. The van der Waals surface area contributed by atoms with Crippen molar-refractivity contribution < 1.29 is 0 Å². The quantitative estimate of drug-likeness (QED) is 0.158. The first kappa shape index (κ1) is 35.2. The third-order valence-electron chi connectivity index (χ3n) is 12.3. The summed E-state index contributed by atoms with van der Waals surface area (Å²) in [7, 11) is -1.43. The molecule has 0 fully saturated rings. The Kier molecular flexibility index (Phi) is 8.07. The van der Waals surface area contributed by atoms with Crippen LogP contribution in [0.1, 0.15) is 22.3 Å². The van der Waals surface area contributed by atoms with Gasteiger partial charge in [-0.1, -0.05) is 201 Å². The average molecular weight is 772 g/mol. The molecule has 1 atom stereocenters. The molecule has 0 radical (unpaired) electrons. The van der Waals surface area contributed by atoms with E-state index in [1.54, 1.807) is 0 Å². The standard InChI is InChI=1S/C55H41N3Si/c1-59(2,3)43-29-25-37(26-30-43)40-27-31-46-44-21-10-12-23-48(44)55(50(46)34-40)49-24-13-11-22-45(49)47-32-28-42(35-51(47)55)54-57-52(38-17-8-5-9-18-38)56-53(58-54)41-20-14-19-39(33-41)36-15-6-4-7-16-36/h4-35H,1-3H3. The smallest absolute Gasteiger partial charge is 0.164 e. The van der Waals surface area contributed by atoms with Crippen molar-refractivity contribution in [2.24, 2.45) is 0 Å². The van der Waals surface area contributed by atoms with Gasteiger partial charge in [0, 0.05) is 16.7 Å². The van der Waals surface area contributed by atoms with Crippen molar-refractivity contribution in [2.75, 3.05) is 0 Å². The molecular weight excluding hydrogens is 731 g/mol. The number of benzene rings is 8. The predicted molar refractivity (Wildman–Crippen MR) is 246 cm³/mol. The molecule has 3 nitrogen and oxygen atoms in total. The lowest BCUT2D eigenvalue weighted by atomic mass is 9.70. The minimum absolute atomic E-state index is 0.524. The molecule has 1 unspecified atom stereocenters. The molecule has 11 rings (SSSR count). The van der Waals surface area contributed by atoms with Gasteiger partial charge >= 0.3 is 0 Å². The Hall–Kier alpha value is -7.01. The summed E-state index contributed by atoms with van der Waals surface area (Å²) in [5.41, 5.74) is 17.3. The Morgan fingerprint density at radius 1 is 0.305 bits per heavy atom. The van der Waals surface area contributed by atoms with Gasteiger partial charge in [0.05, 0.1) is 13.5 Å². The molecule has 59 heavy (non-hydrogen) atoms. The fraction of sp³-hybridized carbons (Fsp3) is 0.0727. The fourth-order valence-corrected chi connectivity index (χ4v) is 10.6. The third kappa shape index (κ3) is 5.66. The Balaban J connectivity index is 1.12. The molecule has 0 saturated heterocycles. The highest BCUT2D eigenvalue weighted by atomic mass is 28.3. The van der Waals surface area contributed by atoms with Crippen LogP contribution in [0.4, 0.5) is 0 Å². The number of hydrogen-bond acceptors (Lipinski definition) is 3. The molecule has 1 spiro atoms. The summed E-state index contributed by atoms with van der Waals surface area (Å²) in [6, 6.07) is 70.5. The fourth-order valence-electron chi connectivity index (χ4n) is 9.44. The van der Waals surface area contributed by atoms with Crippen molar-refractivity contribution in [3.8, 4) is 78.7 Å². The van der Waals surface area contributed by atoms with Crippen molar-refractivity contribution in [3.05, 3.63) is 216 Å². The van der Waals surface area contributed by atoms with Crippen LogP contribution in [0.25, 0.3) is 78.7 Å². The number of rotatable bonds is 6. The maximum absolute atomic E-state index is 5.27. The third-order valence-corrected chi connectivity index (χ3v) is 14.4. The SMILES string of the molecule is C[Si](C)(C)c1ccc(-c2ccc3c(c2)C2(c4ccccc4-3)c3ccccc3-c3ccc(-c4nc(-c5ccccc5)nc(-c5cccc(-c6ccccc6)c5)n4)cc32)cc1. The molecular formula is C55H41N3Si. The van der Waals surface area contributed by atoms with Gasteiger partial charge in [0.25, 0.3) is 0 Å². The lowest BCUT2D eigenvalue weighted by Crippen LogP contribution is -2.37. The van der Waals surface area contributed by atoms with Gasteiger partial charge in [-0.05, 0) is 85.0 Å². The van der Waals surface area contributed by atoms with E-state index in [1.165, 1.54) is 60.8 Å². The summed E-state index contributed by atoms with van der Waals surface area (Å²) in [4.78, 5) is 15.6. The normalized spacial score (nSPS) is 14.8. The van der Waals surface area contributed by atoms with E-state index < -0.39 is 13.5 Å². The second-order valence-corrected chi connectivity index (χ2v) is 21.9. The number of nitrogens with zero attached hydrogens (tertiary/aromatic N) is 3. The van der Waals surface area contributed by atoms with E-state index in [0.717, 1.165) is 27.8 Å². The summed E-state index contributed by atoms with van der Waals surface area (Å²) in [5, 5.41) is 1.47. The van der Waals surface area contributed by atoms with Crippen LogP contribution in [0.3, 0.4) is 0 Å². The first-order valence-electron chi connectivity index (χ1n) is 20.4. The van der Waals surface area contributed by atoms with Crippen molar-refractivity contribution in [2.45, 2.75) is 25.1 Å². The molecule has 280 valence electrons. The van der Waals surface area contributed by atoms with Gasteiger partial charge < -0.3 is 0 Å². The second-order valence-electron chi connectivity index (χ2n) is 16.8. The van der Waals surface area contributed by atoms with E-state index in [2.05, 4.69) is 189 Å². The molecule has 1 aromatic heterocycles. The average Bonchev–Trinajstić information content (AvgIpc) is 3.76. The van der Waals surface area contributed by atoms with Crippen LogP contribution in [0.15, 0.2) is 194 Å². The highest BCUT2D eigenvalue weighted by Crippen LogP contribution is 2.63. The van der Waals surface area contributed by atoms with Crippen molar-refractivity contribution in [3.63, 3.8) is 0 Å². The molecule has 0 amide bonds. The molecule has 0 aliphatic heterocycles. The van der Waals surface area contributed by atoms with Gasteiger partial charge in [-0.2, -0.15) is 0 Å². The topological polar surface area (TPSA) is 38.7 Å². The molecule has 8 aromatic carbocycles. The Labute approximate surface area is 346 Å². The van der Waals surface area contributed by atoms with E-state index in [0.29, 0.717) is 17.5 Å². The van der Waals surface area contributed by atoms with Crippen LogP contribution >= 0.6 is 0 Å². The largest absolute Gasteiger partial charge is 0.208 e. The first-order chi connectivity index (χ1) is 28.9. The van der Waals surface area contributed by atoms with Gasteiger partial charge in [-0.15, -0.1) is 0 Å². The van der Waals surface area contributed by atoms with Crippen LogP contribution < -0.4 is 5.19 Å². The summed E-state index contributed by atoms with van der Waals surface area (Å²) < 4.78 is 0. The van der Waals surface area contributed by atoms with E-state index >= 15 is 0 Å². The van der Waals surface area contributed by atoms with Crippen LogP contribution in [-0.4, -0.2) is 23.0 Å². The highest BCUT2D eigenvalue weighted by molar-refractivity contribution is 6.88. The van der Waals surface area contributed by atoms with Crippen molar-refractivity contribution in [1.82, 2.24) is 15.0 Å². The van der Waals surface area contributed by atoms with E-state index in [-0.39, 0.29) is 0 Å². The maximum Gasteiger partial charge on any atom is 0.164 e. The van der Waals surface area contributed by atoms with E-state index in [9.17, 15) is 0 Å². The number of aromatic nitrogens is 3. The van der Waals surface area contributed by atoms with Crippen LogP contribution in [-0.2, 0) is 5.41 Å². The molecule has 0 N–H and O–H groups in total. The molecule has 0 saturated carbocycles. The Morgan fingerprint density at radius 2 is 0.695 bits per heavy atom. The summed E-state index contributed by atoms with van der Waals surface area (Å²) >= 11 is 0. The van der Waals surface area contributed by atoms with Crippen LogP contribution in [0.2, 0.25) is 19.6 Å². The van der Waals surface area contributed by atoms with Gasteiger partial charge in [0.1, 0.15) is 0 Å². The lowest BCUT2D eigenvalue weighted by molar-refractivity contribution is 0.794. The van der Waals surface area contributed by atoms with Gasteiger partial charge in [0.2, 0.25) is 0 Å². The van der Waals surface area contributed by atoms with Gasteiger partial charge in [-0.25, -0.2) is 15.0 Å². The number of fused-ring (bicyclic) bond motifs is 10.